The minimum Gasteiger partial charge on any atom is -0.232 e. The minimum atomic E-state index is 0.484. The molecule has 2 saturated heterocycles. The van der Waals surface area contributed by atoms with Gasteiger partial charge in [-0.15, -0.1) is 0 Å². The van der Waals surface area contributed by atoms with E-state index in [1.807, 2.05) is 0 Å². The highest BCUT2D eigenvalue weighted by Crippen LogP contribution is 2.45. The van der Waals surface area contributed by atoms with Gasteiger partial charge in [-0.2, -0.15) is 0 Å². The second kappa shape index (κ2) is 5.50. The molecular weight excluding hydrogens is 243 g/mol. The number of fused-ring (bicyclic) bond motifs is 2. The van der Waals surface area contributed by atoms with Gasteiger partial charge in [-0.05, 0) is 30.3 Å². The van der Waals surface area contributed by atoms with Gasteiger partial charge in [0.05, 0.1) is 11.4 Å². The third-order valence-electron chi connectivity index (χ3n) is 5.09. The summed E-state index contributed by atoms with van der Waals surface area (Å²) in [6, 6.07) is 0. The van der Waals surface area contributed by atoms with Crippen molar-refractivity contribution in [2.75, 3.05) is 0 Å². The summed E-state index contributed by atoms with van der Waals surface area (Å²) < 4.78 is 0. The van der Waals surface area contributed by atoms with Crippen molar-refractivity contribution in [2.45, 2.75) is 71.4 Å². The Morgan fingerprint density at radius 1 is 0.900 bits per heavy atom. The molecule has 3 heterocycles. The van der Waals surface area contributed by atoms with E-state index < -0.39 is 0 Å². The number of aliphatic imine (C=N–C) groups is 2. The highest BCUT2D eigenvalue weighted by molar-refractivity contribution is 6.45. The molecule has 0 saturated carbocycles. The highest BCUT2D eigenvalue weighted by atomic mass is 15.0. The zero-order chi connectivity index (χ0) is 14.3. The van der Waals surface area contributed by atoms with Crippen molar-refractivity contribution < 1.29 is 0 Å². The third-order valence-corrected chi connectivity index (χ3v) is 5.09. The quantitative estimate of drug-likeness (QED) is 0.664. The highest BCUT2D eigenvalue weighted by Gasteiger charge is 2.33. The molecule has 2 unspecified atom stereocenters. The molecule has 0 aromatic heterocycles. The first kappa shape index (κ1) is 14.1. The van der Waals surface area contributed by atoms with E-state index in [1.54, 1.807) is 5.57 Å². The second-order valence-electron chi connectivity index (χ2n) is 7.54. The van der Waals surface area contributed by atoms with Gasteiger partial charge >= 0.3 is 0 Å². The summed E-state index contributed by atoms with van der Waals surface area (Å²) in [6.45, 7) is 8.94. The van der Waals surface area contributed by atoms with Gasteiger partial charge in [0.15, 0.2) is 5.82 Å². The molecule has 3 heteroatoms. The van der Waals surface area contributed by atoms with Crippen molar-refractivity contribution in [2.24, 2.45) is 21.8 Å². The summed E-state index contributed by atoms with van der Waals surface area (Å²) in [7, 11) is 1.46. The lowest BCUT2D eigenvalue weighted by atomic mass is 9.43. The second-order valence-corrected chi connectivity index (χ2v) is 7.54. The van der Waals surface area contributed by atoms with Crippen molar-refractivity contribution >= 4 is 18.7 Å². The predicted molar refractivity (Wildman–Crippen MR) is 89.3 cm³/mol. The van der Waals surface area contributed by atoms with Gasteiger partial charge < -0.3 is 0 Å². The Morgan fingerprint density at radius 2 is 1.40 bits per heavy atom. The molecule has 0 aliphatic carbocycles. The van der Waals surface area contributed by atoms with Crippen LogP contribution in [0.1, 0.15) is 59.8 Å². The van der Waals surface area contributed by atoms with Crippen LogP contribution in [0, 0.1) is 11.8 Å². The largest absolute Gasteiger partial charge is 0.232 e. The Morgan fingerprint density at radius 3 is 1.85 bits per heavy atom. The van der Waals surface area contributed by atoms with Crippen molar-refractivity contribution in [3.63, 3.8) is 0 Å². The fraction of sp³-hybridized carbons (Fsp3) is 0.765. The number of rotatable bonds is 2. The molecule has 0 aromatic rings. The van der Waals surface area contributed by atoms with Crippen molar-refractivity contribution in [1.29, 1.82) is 0 Å². The van der Waals surface area contributed by atoms with Crippen LogP contribution in [0.2, 0.25) is 11.6 Å². The molecule has 0 N–H and O–H groups in total. The molecule has 20 heavy (non-hydrogen) atoms. The van der Waals surface area contributed by atoms with Gasteiger partial charge in [0.25, 0.3) is 0 Å². The average molecular weight is 270 g/mol. The van der Waals surface area contributed by atoms with E-state index in [0.29, 0.717) is 11.8 Å². The Hall–Kier alpha value is -0.855. The zero-order valence-corrected chi connectivity index (χ0v) is 13.4. The first-order valence-electron chi connectivity index (χ1n) is 8.44. The Bertz CT molecular complexity index is 445. The van der Waals surface area contributed by atoms with Crippen molar-refractivity contribution in [3.05, 3.63) is 11.4 Å². The van der Waals surface area contributed by atoms with E-state index in [4.69, 9.17) is 9.98 Å². The lowest BCUT2D eigenvalue weighted by molar-refractivity contribution is 0.511. The maximum atomic E-state index is 4.93. The van der Waals surface area contributed by atoms with E-state index in [9.17, 15) is 0 Å². The fourth-order valence-corrected chi connectivity index (χ4v) is 4.11. The molecular formula is C17H27BN2. The van der Waals surface area contributed by atoms with Crippen LogP contribution < -0.4 is 0 Å². The Labute approximate surface area is 124 Å². The topological polar surface area (TPSA) is 24.7 Å². The number of allylic oxidation sites excluding steroid dienone is 1. The molecule has 2 bridgehead atoms. The number of nitrogens with zero attached hydrogens (tertiary/aromatic N) is 2. The van der Waals surface area contributed by atoms with E-state index >= 15 is 0 Å². The van der Waals surface area contributed by atoms with Crippen LogP contribution in [-0.4, -0.2) is 18.7 Å². The summed E-state index contributed by atoms with van der Waals surface area (Å²) in [6.07, 6.45) is 6.81. The standard InChI is InChI=1S/C17H27BN2/c1-10(2)15-16(11(3)4)20-17(19-15)12-8-13-6-5-7-14(9-12)18-13/h10-11,13-14,18H,5-9H2,1-4H3. The van der Waals surface area contributed by atoms with Gasteiger partial charge in [-0.25, -0.2) is 9.98 Å². The van der Waals surface area contributed by atoms with Crippen LogP contribution in [0.15, 0.2) is 21.4 Å². The molecule has 3 aliphatic heterocycles. The van der Waals surface area contributed by atoms with E-state index in [1.165, 1.54) is 50.8 Å². The van der Waals surface area contributed by atoms with Gasteiger partial charge in [-0.1, -0.05) is 58.6 Å². The molecule has 2 atom stereocenters. The summed E-state index contributed by atoms with van der Waals surface area (Å²) in [4.78, 5) is 9.87. The summed E-state index contributed by atoms with van der Waals surface area (Å²) in [5.41, 5.74) is 4.02. The van der Waals surface area contributed by atoms with Crippen LogP contribution in [0.3, 0.4) is 0 Å². The minimum absolute atomic E-state index is 0.484. The van der Waals surface area contributed by atoms with Crippen molar-refractivity contribution in [1.82, 2.24) is 0 Å². The van der Waals surface area contributed by atoms with Crippen LogP contribution in [0.25, 0.3) is 0 Å². The lowest BCUT2D eigenvalue weighted by Gasteiger charge is -2.34. The molecule has 2 nitrogen and oxygen atoms in total. The Kier molecular flexibility index (Phi) is 3.88. The van der Waals surface area contributed by atoms with E-state index in [0.717, 1.165) is 17.5 Å². The maximum absolute atomic E-state index is 4.93. The van der Waals surface area contributed by atoms with Gasteiger partial charge in [0.1, 0.15) is 7.28 Å². The molecule has 3 rings (SSSR count). The smallest absolute Gasteiger partial charge is 0.151 e. The molecule has 0 amide bonds. The predicted octanol–water partition coefficient (Wildman–Crippen LogP) is 4.40. The number of hydrogen-bond donors (Lipinski definition) is 0. The maximum Gasteiger partial charge on any atom is 0.151 e. The van der Waals surface area contributed by atoms with Gasteiger partial charge in [0.2, 0.25) is 0 Å². The monoisotopic (exact) mass is 270 g/mol. The normalized spacial score (nSPS) is 29.7. The van der Waals surface area contributed by atoms with Crippen LogP contribution in [-0.2, 0) is 0 Å². The first-order valence-corrected chi connectivity index (χ1v) is 8.44. The summed E-state index contributed by atoms with van der Waals surface area (Å²) in [5.74, 6) is 3.89. The molecule has 0 spiro atoms. The zero-order valence-electron chi connectivity index (χ0n) is 13.4. The summed E-state index contributed by atoms with van der Waals surface area (Å²) in [5, 5.41) is 0. The van der Waals surface area contributed by atoms with Crippen molar-refractivity contribution in [3.8, 4) is 0 Å². The van der Waals surface area contributed by atoms with Gasteiger partial charge in [0, 0.05) is 0 Å². The molecule has 108 valence electrons. The summed E-state index contributed by atoms with van der Waals surface area (Å²) >= 11 is 0. The van der Waals surface area contributed by atoms with Crippen LogP contribution >= 0.6 is 0 Å². The van der Waals surface area contributed by atoms with Crippen LogP contribution in [0.4, 0.5) is 0 Å². The van der Waals surface area contributed by atoms with Crippen LogP contribution in [0.5, 0.6) is 0 Å². The third kappa shape index (κ3) is 2.64. The molecule has 0 radical (unpaired) electrons. The van der Waals surface area contributed by atoms with E-state index in [2.05, 4.69) is 27.7 Å². The number of hydrogen-bond acceptors (Lipinski definition) is 2. The first-order chi connectivity index (χ1) is 9.54. The molecule has 2 fully saturated rings. The SMILES string of the molecule is CC(C)C1=NC(=C2CC3BC(CCC3)C2)N=C1C(C)C. The lowest BCUT2D eigenvalue weighted by Crippen LogP contribution is -2.23. The van der Waals surface area contributed by atoms with Gasteiger partial charge in [-0.3, -0.25) is 0 Å². The molecule has 0 aromatic carbocycles. The average Bonchev–Trinajstić information content (AvgIpc) is 2.83. The Balaban J connectivity index is 1.92. The van der Waals surface area contributed by atoms with E-state index in [-0.39, 0.29) is 0 Å². The molecule has 3 aliphatic rings. The fourth-order valence-electron chi connectivity index (χ4n) is 4.11.